The van der Waals surface area contributed by atoms with Gasteiger partial charge in [-0.1, -0.05) is 190 Å². The Balaban J connectivity index is -0.000000128. The molecule has 0 amide bonds. The van der Waals surface area contributed by atoms with E-state index in [0.717, 1.165) is 12.8 Å². The number of hydrogen-bond donors (Lipinski definition) is 0. The Bertz CT molecular complexity index is 516. The van der Waals surface area contributed by atoms with Gasteiger partial charge in [0.2, 0.25) is 8.11 Å². The van der Waals surface area contributed by atoms with Crippen molar-refractivity contribution in [2.45, 2.75) is 126 Å². The van der Waals surface area contributed by atoms with Crippen LogP contribution in [0.3, 0.4) is 0 Å². The summed E-state index contributed by atoms with van der Waals surface area (Å²) in [6.45, 7) is 22.5. The predicted molar refractivity (Wildman–Crippen MR) is 190 cm³/mol. The molecule has 0 saturated heterocycles. The van der Waals surface area contributed by atoms with Crippen LogP contribution in [0.15, 0.2) is 60.7 Å². The smallest absolute Gasteiger partial charge is 0.343 e. The first-order chi connectivity index (χ1) is 17.9. The minimum atomic E-state index is -1.45. The van der Waals surface area contributed by atoms with Crippen LogP contribution in [0.25, 0.3) is 0 Å². The molecular weight excluding hydrogens is 664 g/mol. The summed E-state index contributed by atoms with van der Waals surface area (Å²) in [7, 11) is -1.45. The Labute approximate surface area is 274 Å². The number of benzene rings is 2. The van der Waals surface area contributed by atoms with E-state index in [9.17, 15) is 0 Å². The van der Waals surface area contributed by atoms with Crippen LogP contribution in [0.5, 0.6) is 0 Å². The van der Waals surface area contributed by atoms with Gasteiger partial charge in [-0.15, -0.1) is 0 Å². The van der Waals surface area contributed by atoms with E-state index in [1.165, 1.54) is 79.0 Å². The summed E-state index contributed by atoms with van der Waals surface area (Å²) in [4.78, 5) is 0. The zero-order chi connectivity index (χ0) is 29.0. The fraction of sp³-hybridized carbons (Fsp3) is 0.588. The zero-order valence-corrected chi connectivity index (χ0v) is 33.5. The Kier molecular flexibility index (Phi) is 59.6. The molecule has 0 aliphatic rings. The van der Waals surface area contributed by atoms with Crippen LogP contribution in [0.2, 0.25) is 0 Å². The molecule has 4 heteroatoms. The Morgan fingerprint density at radius 3 is 0.947 bits per heavy atom. The maximum atomic E-state index is 6.47. The largest absolute Gasteiger partial charge is 2.00 e. The fourth-order valence-corrected chi connectivity index (χ4v) is 5.42. The predicted octanol–water partition coefficient (Wildman–Crippen LogP) is 11.6. The van der Waals surface area contributed by atoms with Gasteiger partial charge in [-0.05, 0) is 21.2 Å². The molecule has 0 atom stereocenters. The van der Waals surface area contributed by atoms with Crippen LogP contribution in [0, 0.1) is 13.8 Å². The van der Waals surface area contributed by atoms with E-state index in [-0.39, 0.29) is 19.5 Å². The molecule has 0 aliphatic heterocycles. The summed E-state index contributed by atoms with van der Waals surface area (Å²) in [6.07, 6.45) is 15.4. The Morgan fingerprint density at radius 2 is 0.816 bits per heavy atom. The van der Waals surface area contributed by atoms with Crippen LogP contribution in [0.1, 0.15) is 126 Å². The number of halogens is 2. The van der Waals surface area contributed by atoms with Crippen LogP contribution in [0.4, 0.5) is 0 Å². The molecule has 2 aromatic carbocycles. The first-order valence-corrected chi connectivity index (χ1v) is 19.3. The average molecular weight is 727 g/mol. The molecule has 0 unspecified atom stereocenters. The molecular formula is C34H62ClISiZn. The van der Waals surface area contributed by atoms with Crippen molar-refractivity contribution >= 4 is 52.1 Å². The maximum Gasteiger partial charge on any atom is 2.00 e. The summed E-state index contributed by atoms with van der Waals surface area (Å²) in [5.74, 6) is 0. The van der Waals surface area contributed by atoms with E-state index in [4.69, 9.17) is 11.1 Å². The van der Waals surface area contributed by atoms with Crippen molar-refractivity contribution in [3.8, 4) is 0 Å². The molecule has 0 aromatic heterocycles. The third kappa shape index (κ3) is 43.4. The molecule has 0 radical (unpaired) electrons. The van der Waals surface area contributed by atoms with E-state index in [2.05, 4.69) is 109 Å². The molecule has 0 N–H and O–H groups in total. The van der Waals surface area contributed by atoms with Crippen LogP contribution < -0.4 is 10.4 Å². The van der Waals surface area contributed by atoms with Crippen molar-refractivity contribution in [1.82, 2.24) is 0 Å². The first-order valence-electron chi connectivity index (χ1n) is 14.8. The van der Waals surface area contributed by atoms with Crippen LogP contribution in [-0.4, -0.2) is 12.5 Å². The molecule has 0 heterocycles. The third-order valence-corrected chi connectivity index (χ3v) is 9.01. The molecule has 0 nitrogen and oxygen atoms in total. The van der Waals surface area contributed by atoms with Crippen molar-refractivity contribution < 1.29 is 19.5 Å². The molecule has 0 bridgehead atoms. The van der Waals surface area contributed by atoms with Crippen LogP contribution >= 0.6 is 33.7 Å². The maximum absolute atomic E-state index is 6.47. The van der Waals surface area contributed by atoms with Gasteiger partial charge in [-0.2, -0.15) is 23.9 Å². The molecule has 0 aliphatic carbocycles. The number of hydrogen-bond acceptors (Lipinski definition) is 0. The van der Waals surface area contributed by atoms with Gasteiger partial charge < -0.3 is 13.8 Å². The summed E-state index contributed by atoms with van der Waals surface area (Å²) in [5.41, 5.74) is 0. The first kappa shape index (κ1) is 48.1. The van der Waals surface area contributed by atoms with Crippen LogP contribution in [-0.2, 0) is 19.5 Å². The number of alkyl halides is 1. The second-order valence-electron chi connectivity index (χ2n) is 8.64. The van der Waals surface area contributed by atoms with Gasteiger partial charge in [0.05, 0.1) is 0 Å². The molecule has 38 heavy (non-hydrogen) atoms. The van der Waals surface area contributed by atoms with Crippen molar-refractivity contribution in [2.75, 3.05) is 4.43 Å². The molecule has 2 aromatic rings. The van der Waals surface area contributed by atoms with Gasteiger partial charge >= 0.3 is 19.5 Å². The van der Waals surface area contributed by atoms with Gasteiger partial charge in [-0.3, -0.25) is 0 Å². The third-order valence-electron chi connectivity index (χ3n) is 4.79. The van der Waals surface area contributed by atoms with Gasteiger partial charge in [0, 0.05) is 0 Å². The van der Waals surface area contributed by atoms with E-state index < -0.39 is 8.11 Å². The normalized spacial score (nSPS) is 8.74. The molecule has 0 spiro atoms. The standard InChI is InChI=1S/C12H11ClSi.2C5H12.C4H9I.2C4H9.Zn/c13-14(11-7-3-1-4-8-11)12-9-5-2-6-10-12;2*1-3-5-4-2;1-2-3-4-5;2*1-3-4-2;/h1-10,14H;2*3-5H2,1-2H3;2-4H2,1H3;2*1,3-4H2,2H3;/q;;;;2*-1;+2. The summed E-state index contributed by atoms with van der Waals surface area (Å²) < 4.78 is 1.31. The van der Waals surface area contributed by atoms with E-state index >= 15 is 0 Å². The minimum absolute atomic E-state index is 0. The van der Waals surface area contributed by atoms with Crippen molar-refractivity contribution in [3.63, 3.8) is 0 Å². The van der Waals surface area contributed by atoms with Crippen molar-refractivity contribution in [2.24, 2.45) is 0 Å². The zero-order valence-electron chi connectivity index (χ0n) is 26.4. The van der Waals surface area contributed by atoms with E-state index in [1.54, 1.807) is 0 Å². The minimum Gasteiger partial charge on any atom is -0.343 e. The van der Waals surface area contributed by atoms with E-state index in [1.807, 2.05) is 36.4 Å². The Hall–Kier alpha value is 0.300. The number of rotatable bonds is 10. The second kappa shape index (κ2) is 47.1. The fourth-order valence-electron chi connectivity index (χ4n) is 2.28. The molecule has 0 fully saturated rings. The Morgan fingerprint density at radius 1 is 0.553 bits per heavy atom. The quantitative estimate of drug-likeness (QED) is 0.0752. The molecule has 0 saturated carbocycles. The van der Waals surface area contributed by atoms with Gasteiger partial charge in [0.25, 0.3) is 0 Å². The molecule has 218 valence electrons. The van der Waals surface area contributed by atoms with Crippen molar-refractivity contribution in [3.05, 3.63) is 74.5 Å². The molecule has 2 rings (SSSR count). The van der Waals surface area contributed by atoms with E-state index in [0.29, 0.717) is 0 Å². The van der Waals surface area contributed by atoms with Gasteiger partial charge in [-0.25, -0.2) is 0 Å². The van der Waals surface area contributed by atoms with Crippen molar-refractivity contribution in [1.29, 1.82) is 0 Å². The van der Waals surface area contributed by atoms with Gasteiger partial charge in [0.15, 0.2) is 0 Å². The number of unbranched alkanes of at least 4 members (excludes halogenated alkanes) is 7. The topological polar surface area (TPSA) is 0 Å². The monoisotopic (exact) mass is 724 g/mol. The summed E-state index contributed by atoms with van der Waals surface area (Å²) >= 11 is 8.86. The van der Waals surface area contributed by atoms with Gasteiger partial charge in [0.1, 0.15) is 0 Å². The average Bonchev–Trinajstić information content (AvgIpc) is 2.96. The summed E-state index contributed by atoms with van der Waals surface area (Å²) in [5, 5.41) is 2.56. The SMILES string of the molecule is CCCCC.CCCCC.CCCCI.Cl[SiH](c1ccccc1)c1ccccc1.[CH2-]CCC.[CH2-]CCC.[Zn+2]. The summed E-state index contributed by atoms with van der Waals surface area (Å²) in [6, 6.07) is 20.6. The second-order valence-corrected chi connectivity index (χ2v) is 13.1.